The summed E-state index contributed by atoms with van der Waals surface area (Å²) in [5.74, 6) is 0. The topological polar surface area (TPSA) is 12.9 Å². The van der Waals surface area contributed by atoms with E-state index in [2.05, 4.69) is 58.6 Å². The highest BCUT2D eigenvalue weighted by Crippen LogP contribution is 2.42. The Bertz CT molecular complexity index is 1070. The van der Waals surface area contributed by atoms with E-state index >= 15 is 0 Å². The summed E-state index contributed by atoms with van der Waals surface area (Å²) in [6.45, 7) is 0. The highest BCUT2D eigenvalue weighted by molar-refractivity contribution is 9.10. The van der Waals surface area contributed by atoms with Gasteiger partial charge in [0, 0.05) is 20.5 Å². The van der Waals surface area contributed by atoms with Crippen molar-refractivity contribution in [2.75, 3.05) is 6.26 Å². The van der Waals surface area contributed by atoms with Gasteiger partial charge in [-0.15, -0.1) is 23.1 Å². The van der Waals surface area contributed by atoms with E-state index in [-0.39, 0.29) is 0 Å². The average Bonchev–Trinajstić information content (AvgIpc) is 3.14. The van der Waals surface area contributed by atoms with Gasteiger partial charge in [-0.2, -0.15) is 0 Å². The van der Waals surface area contributed by atoms with Gasteiger partial charge < -0.3 is 0 Å². The molecule has 0 amide bonds. The Labute approximate surface area is 180 Å². The molecule has 5 heteroatoms. The van der Waals surface area contributed by atoms with E-state index < -0.39 is 0 Å². The molecule has 0 saturated carbocycles. The second-order valence-electron chi connectivity index (χ2n) is 5.91. The lowest BCUT2D eigenvalue weighted by molar-refractivity contribution is 1.39. The molecule has 0 spiro atoms. The Hall–Kier alpha value is -1.59. The van der Waals surface area contributed by atoms with Crippen LogP contribution < -0.4 is 0 Å². The van der Waals surface area contributed by atoms with Crippen molar-refractivity contribution in [1.82, 2.24) is 4.98 Å². The fraction of sp³-hybridized carbons (Fsp3) is 0.0455. The van der Waals surface area contributed by atoms with Crippen LogP contribution >= 0.6 is 50.6 Å². The fourth-order valence-corrected chi connectivity index (χ4v) is 4.90. The van der Waals surface area contributed by atoms with Gasteiger partial charge in [0.25, 0.3) is 0 Å². The molecule has 1 nitrogen and oxygen atoms in total. The molecule has 1 heterocycles. The zero-order valence-electron chi connectivity index (χ0n) is 14.4. The largest absolute Gasteiger partial charge is 0.235 e. The molecule has 0 bridgehead atoms. The van der Waals surface area contributed by atoms with Crippen molar-refractivity contribution in [2.45, 2.75) is 4.90 Å². The van der Waals surface area contributed by atoms with E-state index in [1.165, 1.54) is 10.5 Å². The molecule has 0 radical (unpaired) electrons. The number of benzene rings is 3. The summed E-state index contributed by atoms with van der Waals surface area (Å²) in [5.41, 5.74) is 4.21. The minimum Gasteiger partial charge on any atom is -0.235 e. The molecule has 0 fully saturated rings. The molecule has 0 aliphatic carbocycles. The van der Waals surface area contributed by atoms with Crippen molar-refractivity contribution in [3.63, 3.8) is 0 Å². The molecule has 4 aromatic rings. The number of hydrogen-bond acceptors (Lipinski definition) is 3. The van der Waals surface area contributed by atoms with Crippen LogP contribution in [0.3, 0.4) is 0 Å². The number of rotatable bonds is 4. The average molecular weight is 473 g/mol. The second-order valence-corrected chi connectivity index (χ2v) is 9.11. The van der Waals surface area contributed by atoms with Gasteiger partial charge in [0.1, 0.15) is 5.01 Å². The van der Waals surface area contributed by atoms with Crippen molar-refractivity contribution >= 4 is 50.6 Å². The van der Waals surface area contributed by atoms with E-state index in [1.54, 1.807) is 23.1 Å². The molecule has 1 aromatic heterocycles. The minimum absolute atomic E-state index is 0.720. The fourth-order valence-electron chi connectivity index (χ4n) is 2.81. The van der Waals surface area contributed by atoms with Crippen LogP contribution in [-0.4, -0.2) is 11.2 Å². The lowest BCUT2D eigenvalue weighted by Crippen LogP contribution is -1.83. The zero-order chi connectivity index (χ0) is 18.8. The summed E-state index contributed by atoms with van der Waals surface area (Å²) in [4.78, 5) is 7.38. The predicted molar refractivity (Wildman–Crippen MR) is 123 cm³/mol. The first-order valence-electron chi connectivity index (χ1n) is 8.32. The van der Waals surface area contributed by atoms with Crippen LogP contribution in [0, 0.1) is 0 Å². The van der Waals surface area contributed by atoms with Crippen LogP contribution in [0.25, 0.3) is 32.3 Å². The summed E-state index contributed by atoms with van der Waals surface area (Å²) in [6.07, 6.45) is 2.09. The molecule has 134 valence electrons. The Morgan fingerprint density at radius 2 is 1.56 bits per heavy atom. The van der Waals surface area contributed by atoms with Crippen molar-refractivity contribution in [2.24, 2.45) is 0 Å². The van der Waals surface area contributed by atoms with Crippen LogP contribution in [0.15, 0.2) is 82.2 Å². The monoisotopic (exact) mass is 471 g/mol. The highest BCUT2D eigenvalue weighted by Gasteiger charge is 2.17. The molecular formula is C22H15BrClNS2. The number of nitrogens with zero attached hydrogens (tertiary/aromatic N) is 1. The van der Waals surface area contributed by atoms with Gasteiger partial charge in [0.2, 0.25) is 0 Å². The van der Waals surface area contributed by atoms with E-state index in [0.717, 1.165) is 36.2 Å². The maximum Gasteiger partial charge on any atom is 0.126 e. The van der Waals surface area contributed by atoms with Gasteiger partial charge in [0.05, 0.1) is 15.6 Å². The van der Waals surface area contributed by atoms with E-state index in [4.69, 9.17) is 16.6 Å². The van der Waals surface area contributed by atoms with E-state index in [1.807, 2.05) is 36.4 Å². The SMILES string of the molecule is CSc1ccc(-c2sc(-c3ccccc3Cl)nc2-c2ccc(Br)cc2)cc1. The summed E-state index contributed by atoms with van der Waals surface area (Å²) in [5, 5.41) is 1.65. The van der Waals surface area contributed by atoms with Crippen LogP contribution in [0.2, 0.25) is 5.02 Å². The van der Waals surface area contributed by atoms with Crippen molar-refractivity contribution in [1.29, 1.82) is 0 Å². The van der Waals surface area contributed by atoms with Crippen molar-refractivity contribution in [3.8, 4) is 32.3 Å². The van der Waals surface area contributed by atoms with E-state index in [9.17, 15) is 0 Å². The predicted octanol–water partition coefficient (Wildman–Crippen LogP) is 8.28. The van der Waals surface area contributed by atoms with Gasteiger partial charge in [-0.3, -0.25) is 0 Å². The number of aromatic nitrogens is 1. The Morgan fingerprint density at radius 3 is 2.22 bits per heavy atom. The molecule has 4 rings (SSSR count). The molecule has 27 heavy (non-hydrogen) atoms. The molecule has 0 N–H and O–H groups in total. The highest BCUT2D eigenvalue weighted by atomic mass is 79.9. The third-order valence-electron chi connectivity index (χ3n) is 4.20. The molecule has 3 aromatic carbocycles. The molecular weight excluding hydrogens is 458 g/mol. The third kappa shape index (κ3) is 3.99. The van der Waals surface area contributed by atoms with Gasteiger partial charge in [-0.25, -0.2) is 4.98 Å². The van der Waals surface area contributed by atoms with Gasteiger partial charge in [0.15, 0.2) is 0 Å². The molecule has 0 atom stereocenters. The van der Waals surface area contributed by atoms with Gasteiger partial charge in [-0.05, 0) is 42.2 Å². The Kier molecular flexibility index (Phi) is 5.69. The van der Waals surface area contributed by atoms with Crippen molar-refractivity contribution in [3.05, 3.63) is 82.3 Å². The van der Waals surface area contributed by atoms with Gasteiger partial charge in [-0.1, -0.05) is 70.0 Å². The normalized spacial score (nSPS) is 10.9. The summed E-state index contributed by atoms with van der Waals surface area (Å²) >= 11 is 13.4. The maximum atomic E-state index is 6.43. The van der Waals surface area contributed by atoms with Crippen LogP contribution in [-0.2, 0) is 0 Å². The molecule has 0 aliphatic rings. The number of thiazole rings is 1. The summed E-state index contributed by atoms with van der Waals surface area (Å²) in [6, 6.07) is 24.8. The number of halogens is 2. The summed E-state index contributed by atoms with van der Waals surface area (Å²) in [7, 11) is 0. The quantitative estimate of drug-likeness (QED) is 0.277. The lowest BCUT2D eigenvalue weighted by Gasteiger charge is -2.04. The molecule has 0 unspecified atom stereocenters. The van der Waals surface area contributed by atoms with Crippen LogP contribution in [0.4, 0.5) is 0 Å². The lowest BCUT2D eigenvalue weighted by atomic mass is 10.1. The first kappa shape index (κ1) is 18.8. The standard InChI is InChI=1S/C22H15BrClNS2/c1-26-17-12-8-15(9-13-17)21-20(14-6-10-16(23)11-7-14)25-22(27-21)18-4-2-3-5-19(18)24/h2-13H,1H3. The van der Waals surface area contributed by atoms with E-state index in [0.29, 0.717) is 0 Å². The third-order valence-corrected chi connectivity index (χ3v) is 6.94. The number of thioether (sulfide) groups is 1. The second kappa shape index (κ2) is 8.19. The first-order chi connectivity index (χ1) is 13.2. The maximum absolute atomic E-state index is 6.43. The van der Waals surface area contributed by atoms with Crippen LogP contribution in [0.5, 0.6) is 0 Å². The smallest absolute Gasteiger partial charge is 0.126 e. The van der Waals surface area contributed by atoms with Crippen LogP contribution in [0.1, 0.15) is 0 Å². The Balaban J connectivity index is 1.89. The first-order valence-corrected chi connectivity index (χ1v) is 11.5. The van der Waals surface area contributed by atoms with Crippen molar-refractivity contribution < 1.29 is 0 Å². The molecule has 0 saturated heterocycles. The van der Waals surface area contributed by atoms with Gasteiger partial charge >= 0.3 is 0 Å². The summed E-state index contributed by atoms with van der Waals surface area (Å²) < 4.78 is 1.05. The minimum atomic E-state index is 0.720. The zero-order valence-corrected chi connectivity index (χ0v) is 18.4. The molecule has 0 aliphatic heterocycles. The number of hydrogen-bond donors (Lipinski definition) is 0. The Morgan fingerprint density at radius 1 is 0.889 bits per heavy atom.